The maximum Gasteiger partial charge on any atom is 0.462 e. The van der Waals surface area contributed by atoms with Gasteiger partial charge in [-0.05, 0) is 13.8 Å². The van der Waals surface area contributed by atoms with Crippen molar-refractivity contribution in [1.29, 1.82) is 0 Å². The summed E-state index contributed by atoms with van der Waals surface area (Å²) in [6.45, 7) is -0.739. The van der Waals surface area contributed by atoms with Crippen LogP contribution < -0.4 is 0 Å². The minimum absolute atomic E-state index is 0.369. The first-order valence-corrected chi connectivity index (χ1v) is 7.01. The maximum atomic E-state index is 13.8. The molecule has 0 aliphatic carbocycles. The molecule has 32 heavy (non-hydrogen) atoms. The van der Waals surface area contributed by atoms with E-state index in [2.05, 4.69) is 0 Å². The fourth-order valence-corrected chi connectivity index (χ4v) is 1.89. The van der Waals surface area contributed by atoms with E-state index in [1.165, 1.54) is 0 Å². The highest BCUT2D eigenvalue weighted by Gasteiger charge is 2.86. The van der Waals surface area contributed by atoms with Gasteiger partial charge in [0.2, 0.25) is 0 Å². The summed E-state index contributed by atoms with van der Waals surface area (Å²) >= 11 is 0. The third-order valence-electron chi connectivity index (χ3n) is 3.38. The largest absolute Gasteiger partial charge is 0.462 e. The predicted octanol–water partition coefficient (Wildman–Crippen LogP) is 7.36. The van der Waals surface area contributed by atoms with E-state index in [4.69, 9.17) is 0 Å². The van der Waals surface area contributed by atoms with Gasteiger partial charge in [-0.15, -0.1) is 0 Å². The van der Waals surface area contributed by atoms with Crippen LogP contribution in [0.4, 0.5) is 83.4 Å². The molecule has 0 radical (unpaired) electrons. The fourth-order valence-electron chi connectivity index (χ4n) is 1.89. The zero-order valence-electron chi connectivity index (χ0n) is 14.6. The van der Waals surface area contributed by atoms with Gasteiger partial charge in [0, 0.05) is 0 Å². The maximum absolute atomic E-state index is 13.8. The van der Waals surface area contributed by atoms with E-state index >= 15 is 0 Å². The lowest BCUT2D eigenvalue weighted by molar-refractivity contribution is -0.456. The summed E-state index contributed by atoms with van der Waals surface area (Å²) in [4.78, 5) is -4.19. The third kappa shape index (κ3) is 4.36. The lowest BCUT2D eigenvalue weighted by atomic mass is 10.0. The molecule has 0 aliphatic rings. The summed E-state index contributed by atoms with van der Waals surface area (Å²) in [7, 11) is 0. The molecule has 0 saturated carbocycles. The highest BCUT2D eigenvalue weighted by molar-refractivity contribution is 5.25. The molecular formula is C12H6F19N. The van der Waals surface area contributed by atoms with Crippen LogP contribution in [0.2, 0.25) is 0 Å². The number of hydrogen-bond acceptors (Lipinski definition) is 1. The summed E-state index contributed by atoms with van der Waals surface area (Å²) in [6.07, 6.45) is -23.1. The van der Waals surface area contributed by atoms with Crippen molar-refractivity contribution in [2.45, 2.75) is 62.2 Å². The number of nitrogens with zero attached hydrogens (tertiary/aromatic N) is 1. The molecule has 0 unspecified atom stereocenters. The van der Waals surface area contributed by atoms with Crippen LogP contribution in [0.15, 0.2) is 11.3 Å². The minimum atomic E-state index is -8.26. The fraction of sp³-hybridized carbons (Fsp3) is 0.833. The molecule has 0 heterocycles. The van der Waals surface area contributed by atoms with E-state index in [1.54, 1.807) is 0 Å². The average Bonchev–Trinajstić information content (AvgIpc) is 2.47. The minimum Gasteiger partial charge on any atom is -0.240 e. The molecular weight excluding hydrogens is 519 g/mol. The smallest absolute Gasteiger partial charge is 0.240 e. The highest BCUT2D eigenvalue weighted by Crippen LogP contribution is 2.60. The lowest BCUT2D eigenvalue weighted by Crippen LogP contribution is -2.72. The van der Waals surface area contributed by atoms with Gasteiger partial charge in [0.1, 0.15) is 5.70 Å². The van der Waals surface area contributed by atoms with Crippen LogP contribution in [-0.4, -0.2) is 53.3 Å². The van der Waals surface area contributed by atoms with Gasteiger partial charge in [-0.3, -0.25) is 0 Å². The van der Waals surface area contributed by atoms with Crippen LogP contribution in [-0.2, 0) is 0 Å². The Balaban J connectivity index is 7.76. The molecule has 0 rings (SSSR count). The summed E-state index contributed by atoms with van der Waals surface area (Å²) in [6, 6.07) is -16.5. The molecule has 20 heteroatoms. The van der Waals surface area contributed by atoms with Gasteiger partial charge in [0.15, 0.2) is 0 Å². The molecule has 0 saturated heterocycles. The van der Waals surface area contributed by atoms with E-state index in [1.807, 2.05) is 0 Å². The Morgan fingerprint density at radius 3 is 0.844 bits per heavy atom. The van der Waals surface area contributed by atoms with Crippen LogP contribution in [0, 0.1) is 0 Å². The van der Waals surface area contributed by atoms with Crippen molar-refractivity contribution < 1.29 is 83.4 Å². The Labute approximate surface area is 163 Å². The van der Waals surface area contributed by atoms with E-state index in [-0.39, 0.29) is 13.8 Å². The molecule has 0 spiro atoms. The van der Waals surface area contributed by atoms with Crippen molar-refractivity contribution in [3.05, 3.63) is 11.3 Å². The van der Waals surface area contributed by atoms with Gasteiger partial charge >= 0.3 is 48.4 Å². The van der Waals surface area contributed by atoms with Crippen molar-refractivity contribution in [3.8, 4) is 0 Å². The molecule has 0 amide bonds. The summed E-state index contributed by atoms with van der Waals surface area (Å²) < 4.78 is 246. The molecule has 192 valence electrons. The number of hydrogen-bond donors (Lipinski definition) is 0. The molecule has 0 bridgehead atoms. The molecule has 0 aromatic rings. The molecule has 0 aromatic heterocycles. The molecule has 0 aromatic carbocycles. The second-order valence-electron chi connectivity index (χ2n) is 5.98. The molecule has 1 nitrogen and oxygen atoms in total. The van der Waals surface area contributed by atoms with Crippen molar-refractivity contribution >= 4 is 0 Å². The second-order valence-corrected chi connectivity index (χ2v) is 5.98. The zero-order chi connectivity index (χ0) is 26.7. The first kappa shape index (κ1) is 30.2. The number of allylic oxidation sites excluding steroid dienone is 2. The Morgan fingerprint density at radius 1 is 0.438 bits per heavy atom. The van der Waals surface area contributed by atoms with Crippen LogP contribution >= 0.6 is 0 Å². The average molecular weight is 525 g/mol. The molecule has 0 aliphatic heterocycles. The SMILES string of the molecule is CC(C)=C(N(C(F)(F)C(F)(F)C(F)(F)F)C(F)(F)C(F)(F)C(F)(F)F)C(F)(F)C(F)(F)F. The zero-order valence-corrected chi connectivity index (χ0v) is 14.6. The quantitative estimate of drug-likeness (QED) is 0.259. The number of halogens is 19. The summed E-state index contributed by atoms with van der Waals surface area (Å²) in [5.41, 5.74) is -6.81. The van der Waals surface area contributed by atoms with Crippen LogP contribution in [0.25, 0.3) is 0 Å². The van der Waals surface area contributed by atoms with Crippen LogP contribution in [0.5, 0.6) is 0 Å². The Kier molecular flexibility index (Phi) is 7.20. The number of alkyl halides is 19. The Hall–Kier alpha value is -1.79. The van der Waals surface area contributed by atoms with Crippen molar-refractivity contribution in [2.24, 2.45) is 0 Å². The molecule has 0 N–H and O–H groups in total. The van der Waals surface area contributed by atoms with E-state index in [0.29, 0.717) is 0 Å². The Morgan fingerprint density at radius 2 is 0.688 bits per heavy atom. The van der Waals surface area contributed by atoms with E-state index < -0.39 is 64.6 Å². The monoisotopic (exact) mass is 525 g/mol. The van der Waals surface area contributed by atoms with Crippen molar-refractivity contribution in [1.82, 2.24) is 4.90 Å². The second kappa shape index (κ2) is 7.63. The van der Waals surface area contributed by atoms with Crippen LogP contribution in [0.1, 0.15) is 13.8 Å². The normalized spacial score (nSPS) is 15.7. The first-order chi connectivity index (χ1) is 13.4. The molecule has 0 atom stereocenters. The molecule has 0 fully saturated rings. The van der Waals surface area contributed by atoms with E-state index in [0.717, 1.165) is 0 Å². The van der Waals surface area contributed by atoms with Crippen LogP contribution in [0.3, 0.4) is 0 Å². The summed E-state index contributed by atoms with van der Waals surface area (Å²) in [5.74, 6) is -23.7. The van der Waals surface area contributed by atoms with Gasteiger partial charge in [0.25, 0.3) is 0 Å². The van der Waals surface area contributed by atoms with Crippen molar-refractivity contribution in [3.63, 3.8) is 0 Å². The topological polar surface area (TPSA) is 3.24 Å². The van der Waals surface area contributed by atoms with Gasteiger partial charge in [0.05, 0.1) is 0 Å². The third-order valence-corrected chi connectivity index (χ3v) is 3.38. The first-order valence-electron chi connectivity index (χ1n) is 7.01. The van der Waals surface area contributed by atoms with Gasteiger partial charge in [-0.2, -0.15) is 83.4 Å². The number of rotatable bonds is 6. The lowest BCUT2D eigenvalue weighted by Gasteiger charge is -2.46. The standard InChI is InChI=1S/C12H6F19N/c1-3(2)4(5(13,14)8(19,20)21)32(11(28,29)6(15,16)9(22,23)24)12(30,31)7(17,18)10(25,26)27/h1-2H3. The van der Waals surface area contributed by atoms with E-state index in [9.17, 15) is 83.4 Å². The highest BCUT2D eigenvalue weighted by atomic mass is 19.4. The summed E-state index contributed by atoms with van der Waals surface area (Å²) in [5, 5.41) is 0. The van der Waals surface area contributed by atoms with Gasteiger partial charge in [-0.1, -0.05) is 5.57 Å². The predicted molar refractivity (Wildman–Crippen MR) is 63.1 cm³/mol. The Bertz CT molecular complexity index is 676. The van der Waals surface area contributed by atoms with Crippen molar-refractivity contribution in [2.75, 3.05) is 0 Å². The van der Waals surface area contributed by atoms with Gasteiger partial charge in [-0.25, -0.2) is 4.90 Å². The van der Waals surface area contributed by atoms with Gasteiger partial charge < -0.3 is 0 Å².